The Morgan fingerprint density at radius 3 is 2.23 bits per heavy atom. The fraction of sp³-hybridized carbons (Fsp3) is 0. The van der Waals surface area contributed by atoms with Crippen LogP contribution in [0, 0.1) is 0 Å². The molecule has 2 rings (SSSR count). The Bertz CT molecular complexity index is 396. The van der Waals surface area contributed by atoms with Crippen LogP contribution in [0.2, 0.25) is 0 Å². The van der Waals surface area contributed by atoms with Crippen molar-refractivity contribution in [2.45, 2.75) is 0 Å². The van der Waals surface area contributed by atoms with Gasteiger partial charge in [0.05, 0.1) is 0 Å². The van der Waals surface area contributed by atoms with Crippen molar-refractivity contribution in [1.29, 1.82) is 0 Å². The van der Waals surface area contributed by atoms with Crippen LogP contribution in [0.25, 0.3) is 10.8 Å². The van der Waals surface area contributed by atoms with Crippen LogP contribution in [0.15, 0.2) is 42.5 Å². The molecule has 62 valence electrons. The fourth-order valence-electron chi connectivity index (χ4n) is 1.21. The van der Waals surface area contributed by atoms with Crippen LogP contribution in [0.5, 0.6) is 5.75 Å². The number of aromatic hydroxyl groups is 1. The van der Waals surface area contributed by atoms with Gasteiger partial charge in [0.25, 0.3) is 0 Å². The number of hydrogen-bond acceptors (Lipinski definition) is 2. The van der Waals surface area contributed by atoms with E-state index in [1.807, 2.05) is 36.4 Å². The Hall–Kier alpha value is -1.08. The van der Waals surface area contributed by atoms with Gasteiger partial charge in [0.15, 0.2) is 0 Å². The van der Waals surface area contributed by atoms with Crippen molar-refractivity contribution in [3.8, 4) is 5.75 Å². The van der Waals surface area contributed by atoms with E-state index >= 15 is 0 Å². The summed E-state index contributed by atoms with van der Waals surface area (Å²) in [5, 5.41) is 11.4. The van der Waals surface area contributed by atoms with Crippen LogP contribution in [-0.2, 0) is 21.8 Å². The van der Waals surface area contributed by atoms with Crippen molar-refractivity contribution in [3.05, 3.63) is 42.5 Å². The van der Waals surface area contributed by atoms with Crippen molar-refractivity contribution >= 4 is 10.8 Å². The molecule has 0 saturated carbocycles. The van der Waals surface area contributed by atoms with Crippen LogP contribution in [0.1, 0.15) is 0 Å². The van der Waals surface area contributed by atoms with Crippen molar-refractivity contribution < 1.29 is 26.9 Å². The molecule has 2 aromatic rings. The number of phenols is 1. The van der Waals surface area contributed by atoms with E-state index < -0.39 is 0 Å². The van der Waals surface area contributed by atoms with E-state index in [2.05, 4.69) is 0 Å². The van der Waals surface area contributed by atoms with Gasteiger partial charge >= 0.3 is 21.8 Å². The third kappa shape index (κ3) is 2.19. The molecule has 0 aliphatic heterocycles. The summed E-state index contributed by atoms with van der Waals surface area (Å²) in [6.07, 6.45) is 0. The van der Waals surface area contributed by atoms with E-state index in [9.17, 15) is 5.11 Å². The van der Waals surface area contributed by atoms with E-state index in [4.69, 9.17) is 3.57 Å². The Morgan fingerprint density at radius 1 is 0.923 bits per heavy atom. The Kier molecular flexibility index (Phi) is 3.72. The molecule has 0 amide bonds. The third-order valence-electron chi connectivity index (χ3n) is 1.77. The number of phenolic OH excluding ortho intramolecular Hbond substituents is 1. The summed E-state index contributed by atoms with van der Waals surface area (Å²) in [5.74, 6) is 0.350. The summed E-state index contributed by atoms with van der Waals surface area (Å²) in [4.78, 5) is 0. The zero-order valence-corrected chi connectivity index (χ0v) is 10.1. The predicted molar refractivity (Wildman–Crippen MR) is 46.3 cm³/mol. The second kappa shape index (κ2) is 4.83. The van der Waals surface area contributed by atoms with Gasteiger partial charge in [-0.25, -0.2) is 0 Å². The van der Waals surface area contributed by atoms with Crippen molar-refractivity contribution in [3.63, 3.8) is 0 Å². The second-order valence-corrected chi connectivity index (χ2v) is 2.50. The Balaban J connectivity index is 0.000000396. The molecule has 2 aromatic carbocycles. The molecule has 0 atom stereocenters. The molecule has 0 spiro atoms. The van der Waals surface area contributed by atoms with Gasteiger partial charge < -0.3 is 5.11 Å². The first kappa shape index (κ1) is 10.0. The second-order valence-electron chi connectivity index (χ2n) is 2.50. The van der Waals surface area contributed by atoms with Gasteiger partial charge in [-0.3, -0.25) is 0 Å². The SMILES string of the molecule is Oc1cccc2ccccc12.[O]=[Zn]. The third-order valence-corrected chi connectivity index (χ3v) is 1.77. The van der Waals surface area contributed by atoms with Gasteiger partial charge in [-0.15, -0.1) is 0 Å². The minimum atomic E-state index is 0.125. The maximum absolute atomic E-state index is 9.37. The maximum atomic E-state index is 9.37. The van der Waals surface area contributed by atoms with Gasteiger partial charge in [0, 0.05) is 5.39 Å². The summed E-state index contributed by atoms with van der Waals surface area (Å²) in [6, 6.07) is 13.3. The topological polar surface area (TPSA) is 37.3 Å². The molecule has 1 N–H and O–H groups in total. The van der Waals surface area contributed by atoms with E-state index in [0.717, 1.165) is 10.8 Å². The Morgan fingerprint density at radius 2 is 1.54 bits per heavy atom. The summed E-state index contributed by atoms with van der Waals surface area (Å²) in [6.45, 7) is 0. The minimum absolute atomic E-state index is 0.125. The van der Waals surface area contributed by atoms with Crippen LogP contribution in [-0.4, -0.2) is 5.11 Å². The molecule has 0 aliphatic rings. The molecule has 3 heteroatoms. The van der Waals surface area contributed by atoms with Crippen molar-refractivity contribution in [2.75, 3.05) is 0 Å². The summed E-state index contributed by atoms with van der Waals surface area (Å²) in [7, 11) is 0. The normalized spacial score (nSPS) is 9.08. The van der Waals surface area contributed by atoms with E-state index in [1.54, 1.807) is 6.07 Å². The quantitative estimate of drug-likeness (QED) is 0.699. The molecule has 2 nitrogen and oxygen atoms in total. The average molecular weight is 226 g/mol. The number of benzene rings is 2. The van der Waals surface area contributed by atoms with Gasteiger partial charge in [-0.05, 0) is 11.5 Å². The zero-order valence-electron chi connectivity index (χ0n) is 7.10. The van der Waals surface area contributed by atoms with Crippen LogP contribution in [0.4, 0.5) is 0 Å². The zero-order chi connectivity index (χ0) is 9.68. The average Bonchev–Trinajstić information content (AvgIpc) is 2.22. The van der Waals surface area contributed by atoms with E-state index in [1.165, 1.54) is 0 Å². The molecule has 0 aliphatic carbocycles. The van der Waals surface area contributed by atoms with Gasteiger partial charge in [-0.2, -0.15) is 0 Å². The summed E-state index contributed by atoms with van der Waals surface area (Å²) in [5.41, 5.74) is 0. The van der Waals surface area contributed by atoms with Crippen LogP contribution in [0.3, 0.4) is 0 Å². The number of fused-ring (bicyclic) bond motifs is 1. The molecule has 0 radical (unpaired) electrons. The summed E-state index contributed by atoms with van der Waals surface area (Å²) < 4.78 is 8.38. The number of rotatable bonds is 0. The monoisotopic (exact) mass is 224 g/mol. The molecule has 13 heavy (non-hydrogen) atoms. The number of hydrogen-bond donors (Lipinski definition) is 1. The first-order valence-electron chi connectivity index (χ1n) is 3.83. The summed E-state index contributed by atoms with van der Waals surface area (Å²) >= 11 is 0.125. The van der Waals surface area contributed by atoms with Crippen molar-refractivity contribution in [2.24, 2.45) is 0 Å². The predicted octanol–water partition coefficient (Wildman–Crippen LogP) is 2.42. The molecular weight excluding hydrogens is 217 g/mol. The van der Waals surface area contributed by atoms with E-state index in [-0.39, 0.29) is 18.3 Å². The standard InChI is InChI=1S/C10H8O.O.Zn/c11-10-7-3-5-8-4-1-2-6-9(8)10;;/h1-7,11H;;. The fourth-order valence-corrected chi connectivity index (χ4v) is 1.21. The van der Waals surface area contributed by atoms with Gasteiger partial charge in [0.1, 0.15) is 5.75 Å². The molecule has 0 fully saturated rings. The first-order chi connectivity index (χ1) is 6.38. The Labute approximate surface area is 86.1 Å². The molecule has 0 heterocycles. The molecule has 0 bridgehead atoms. The molecular formula is C10H8O2Zn. The van der Waals surface area contributed by atoms with Crippen LogP contribution < -0.4 is 0 Å². The van der Waals surface area contributed by atoms with Gasteiger partial charge in [0.2, 0.25) is 0 Å². The molecule has 0 unspecified atom stereocenters. The molecule has 0 saturated heterocycles. The van der Waals surface area contributed by atoms with E-state index in [0.29, 0.717) is 5.75 Å². The van der Waals surface area contributed by atoms with Crippen LogP contribution >= 0.6 is 0 Å². The first-order valence-corrected chi connectivity index (χ1v) is 5.04. The van der Waals surface area contributed by atoms with Gasteiger partial charge in [-0.1, -0.05) is 36.4 Å². The van der Waals surface area contributed by atoms with Crippen molar-refractivity contribution in [1.82, 2.24) is 0 Å². The molecule has 0 aromatic heterocycles.